The van der Waals surface area contributed by atoms with E-state index in [9.17, 15) is 4.79 Å². The van der Waals surface area contributed by atoms with Crippen LogP contribution in [-0.4, -0.2) is 42.1 Å². The summed E-state index contributed by atoms with van der Waals surface area (Å²) in [5, 5.41) is 0. The number of anilines is 1. The normalized spacial score (nSPS) is 18.6. The van der Waals surface area contributed by atoms with Crippen LogP contribution in [0.5, 0.6) is 0 Å². The van der Waals surface area contributed by atoms with Crippen LogP contribution in [0.25, 0.3) is 0 Å². The minimum atomic E-state index is -0.124. The largest absolute Gasteiger partial charge is 0.376 e. The summed E-state index contributed by atoms with van der Waals surface area (Å²) in [7, 11) is 1.77. The molecule has 1 fully saturated rings. The second kappa shape index (κ2) is 7.01. The van der Waals surface area contributed by atoms with Crippen molar-refractivity contribution in [3.8, 4) is 0 Å². The molecule has 1 unspecified atom stereocenters. The number of hydrogen-bond donors (Lipinski definition) is 2. The molecule has 1 aliphatic rings. The predicted octanol–water partition coefficient (Wildman–Crippen LogP) is 1.77. The quantitative estimate of drug-likeness (QED) is 0.643. The van der Waals surface area contributed by atoms with E-state index in [-0.39, 0.29) is 12.0 Å². The van der Waals surface area contributed by atoms with Crippen LogP contribution >= 0.6 is 15.9 Å². The molecule has 2 rings (SSSR count). The Bertz CT molecular complexity index is 477. The molecule has 0 spiro atoms. The minimum Gasteiger partial charge on any atom is -0.376 e. The highest BCUT2D eigenvalue weighted by Crippen LogP contribution is 2.20. The lowest BCUT2D eigenvalue weighted by Crippen LogP contribution is -2.37. The maximum atomic E-state index is 12.5. The Hall–Kier alpha value is -1.18. The van der Waals surface area contributed by atoms with Gasteiger partial charge in [0.2, 0.25) is 0 Å². The number of rotatable bonds is 4. The molecule has 3 N–H and O–H groups in total. The van der Waals surface area contributed by atoms with E-state index in [4.69, 9.17) is 10.6 Å². The molecule has 1 saturated heterocycles. The number of amides is 1. The summed E-state index contributed by atoms with van der Waals surface area (Å²) in [6.07, 6.45) is 4.96. The summed E-state index contributed by atoms with van der Waals surface area (Å²) >= 11 is 3.31. The fourth-order valence-electron chi connectivity index (χ4n) is 2.26. The van der Waals surface area contributed by atoms with E-state index in [2.05, 4.69) is 26.3 Å². The van der Waals surface area contributed by atoms with Crippen molar-refractivity contribution in [2.45, 2.75) is 25.4 Å². The predicted molar refractivity (Wildman–Crippen MR) is 80.3 cm³/mol. The molecule has 110 valence electrons. The van der Waals surface area contributed by atoms with Crippen molar-refractivity contribution >= 4 is 27.7 Å². The van der Waals surface area contributed by atoms with E-state index < -0.39 is 0 Å². The number of hydrogen-bond acceptors (Lipinski definition) is 5. The Balaban J connectivity index is 2.07. The number of carbonyl (C=O) groups is 1. The molecule has 1 aromatic heterocycles. The van der Waals surface area contributed by atoms with Gasteiger partial charge in [-0.25, -0.2) is 10.8 Å². The zero-order valence-corrected chi connectivity index (χ0v) is 13.0. The number of nitrogens with zero attached hydrogens (tertiary/aromatic N) is 2. The summed E-state index contributed by atoms with van der Waals surface area (Å²) in [5.74, 6) is 5.65. The number of carbonyl (C=O) groups excluding carboxylic acids is 1. The number of aromatic nitrogens is 1. The van der Waals surface area contributed by atoms with Crippen LogP contribution < -0.4 is 11.3 Å². The monoisotopic (exact) mass is 342 g/mol. The van der Waals surface area contributed by atoms with Crippen molar-refractivity contribution < 1.29 is 9.53 Å². The van der Waals surface area contributed by atoms with Gasteiger partial charge in [0.15, 0.2) is 5.82 Å². The molecular weight excluding hydrogens is 324 g/mol. The SMILES string of the molecule is CN(CC1CCCCO1)C(=O)c1cc(Br)cnc1NN. The van der Waals surface area contributed by atoms with Crippen LogP contribution in [0.15, 0.2) is 16.7 Å². The van der Waals surface area contributed by atoms with Crippen LogP contribution in [0.1, 0.15) is 29.6 Å². The molecule has 20 heavy (non-hydrogen) atoms. The maximum absolute atomic E-state index is 12.5. The molecule has 0 aromatic carbocycles. The Morgan fingerprint density at radius 3 is 3.10 bits per heavy atom. The first-order valence-corrected chi connectivity index (χ1v) is 7.40. The molecule has 1 amide bonds. The molecule has 6 nitrogen and oxygen atoms in total. The molecule has 1 aromatic rings. The molecule has 2 heterocycles. The number of pyridine rings is 1. The zero-order valence-electron chi connectivity index (χ0n) is 11.4. The third-order valence-electron chi connectivity index (χ3n) is 3.32. The van der Waals surface area contributed by atoms with E-state index in [0.717, 1.165) is 30.3 Å². The molecule has 7 heteroatoms. The fraction of sp³-hybridized carbons (Fsp3) is 0.538. The van der Waals surface area contributed by atoms with Gasteiger partial charge in [-0.2, -0.15) is 0 Å². The van der Waals surface area contributed by atoms with E-state index in [1.54, 1.807) is 24.2 Å². The van der Waals surface area contributed by atoms with Crippen molar-refractivity contribution in [1.82, 2.24) is 9.88 Å². The molecule has 1 aliphatic heterocycles. The topological polar surface area (TPSA) is 80.5 Å². The minimum absolute atomic E-state index is 0.118. The fourth-order valence-corrected chi connectivity index (χ4v) is 2.59. The highest BCUT2D eigenvalue weighted by Gasteiger charge is 2.22. The third-order valence-corrected chi connectivity index (χ3v) is 3.75. The molecular formula is C13H19BrN4O2. The van der Waals surface area contributed by atoms with Gasteiger partial charge in [-0.05, 0) is 41.3 Å². The third kappa shape index (κ3) is 3.68. The van der Waals surface area contributed by atoms with Crippen LogP contribution in [0.3, 0.4) is 0 Å². The van der Waals surface area contributed by atoms with Gasteiger partial charge in [-0.15, -0.1) is 0 Å². The standard InChI is InChI=1S/C13H19BrN4O2/c1-18(8-10-4-2-3-5-20-10)13(19)11-6-9(14)7-16-12(11)17-15/h6-7,10H,2-5,8,15H2,1H3,(H,16,17). The van der Waals surface area contributed by atoms with E-state index in [0.29, 0.717) is 17.9 Å². The summed E-state index contributed by atoms with van der Waals surface area (Å²) in [6, 6.07) is 1.71. The zero-order chi connectivity index (χ0) is 14.5. The Labute approximate surface area is 126 Å². The van der Waals surface area contributed by atoms with Crippen LogP contribution in [-0.2, 0) is 4.74 Å². The van der Waals surface area contributed by atoms with Crippen LogP contribution in [0.2, 0.25) is 0 Å². The van der Waals surface area contributed by atoms with E-state index in [1.165, 1.54) is 0 Å². The number of hydrazine groups is 1. The maximum Gasteiger partial charge on any atom is 0.257 e. The van der Waals surface area contributed by atoms with E-state index in [1.807, 2.05) is 0 Å². The van der Waals surface area contributed by atoms with Gasteiger partial charge in [0.25, 0.3) is 5.91 Å². The first kappa shape index (κ1) is 15.2. The Morgan fingerprint density at radius 1 is 1.65 bits per heavy atom. The first-order chi connectivity index (χ1) is 9.61. The number of likely N-dealkylation sites (N-methyl/N-ethyl adjacent to an activating group) is 1. The highest BCUT2D eigenvalue weighted by atomic mass is 79.9. The molecule has 0 radical (unpaired) electrons. The molecule has 0 aliphatic carbocycles. The lowest BCUT2D eigenvalue weighted by Gasteiger charge is -2.27. The van der Waals surface area contributed by atoms with E-state index >= 15 is 0 Å². The summed E-state index contributed by atoms with van der Waals surface area (Å²) < 4.78 is 6.39. The number of halogens is 1. The van der Waals surface area contributed by atoms with Crippen LogP contribution in [0.4, 0.5) is 5.82 Å². The van der Waals surface area contributed by atoms with Gasteiger partial charge >= 0.3 is 0 Å². The highest BCUT2D eigenvalue weighted by molar-refractivity contribution is 9.10. The van der Waals surface area contributed by atoms with Crippen LogP contribution in [0, 0.1) is 0 Å². The van der Waals surface area contributed by atoms with Gasteiger partial charge in [-0.1, -0.05) is 0 Å². The Kier molecular flexibility index (Phi) is 5.33. The average molecular weight is 343 g/mol. The molecule has 0 saturated carbocycles. The van der Waals surface area contributed by atoms with Gasteiger partial charge < -0.3 is 15.1 Å². The van der Waals surface area contributed by atoms with Crippen molar-refractivity contribution in [2.75, 3.05) is 25.6 Å². The summed E-state index contributed by atoms with van der Waals surface area (Å²) in [5.41, 5.74) is 2.90. The number of nitrogens with one attached hydrogen (secondary N) is 1. The molecule has 1 atom stereocenters. The molecule has 0 bridgehead atoms. The number of ether oxygens (including phenoxy) is 1. The second-order valence-electron chi connectivity index (χ2n) is 4.87. The second-order valence-corrected chi connectivity index (χ2v) is 5.78. The van der Waals surface area contributed by atoms with Crippen molar-refractivity contribution in [3.05, 3.63) is 22.3 Å². The van der Waals surface area contributed by atoms with Gasteiger partial charge in [0.1, 0.15) is 0 Å². The summed E-state index contributed by atoms with van der Waals surface area (Å²) in [6.45, 7) is 1.36. The van der Waals surface area contributed by atoms with Gasteiger partial charge in [0.05, 0.1) is 11.7 Å². The van der Waals surface area contributed by atoms with Crippen molar-refractivity contribution in [2.24, 2.45) is 5.84 Å². The van der Waals surface area contributed by atoms with Crippen molar-refractivity contribution in [1.29, 1.82) is 0 Å². The average Bonchev–Trinajstić information content (AvgIpc) is 2.47. The lowest BCUT2D eigenvalue weighted by molar-refractivity contribution is -0.000179. The van der Waals surface area contributed by atoms with Crippen molar-refractivity contribution in [3.63, 3.8) is 0 Å². The first-order valence-electron chi connectivity index (χ1n) is 6.61. The number of nitrogens with two attached hydrogens (primary N) is 1. The van der Waals surface area contributed by atoms with Gasteiger partial charge in [-0.3, -0.25) is 4.79 Å². The lowest BCUT2D eigenvalue weighted by atomic mass is 10.1. The number of nitrogen functional groups attached to an aromatic ring is 1. The Morgan fingerprint density at radius 2 is 2.45 bits per heavy atom. The smallest absolute Gasteiger partial charge is 0.257 e. The van der Waals surface area contributed by atoms with Gasteiger partial charge in [0, 0.05) is 30.9 Å². The summed E-state index contributed by atoms with van der Waals surface area (Å²) in [4.78, 5) is 18.2.